The molecule has 2 aliphatic carbocycles. The molecule has 0 spiro atoms. The Labute approximate surface area is 118 Å². The number of hydrogen-bond acceptors (Lipinski definition) is 3. The summed E-state index contributed by atoms with van der Waals surface area (Å²) >= 11 is 0. The van der Waals surface area contributed by atoms with Crippen molar-refractivity contribution in [3.63, 3.8) is 0 Å². The average Bonchev–Trinajstić information content (AvgIpc) is 2.38. The molecule has 0 heterocycles. The zero-order valence-corrected chi connectivity index (χ0v) is 13.0. The normalized spacial score (nSPS) is 36.6. The third kappa shape index (κ3) is 3.71. The summed E-state index contributed by atoms with van der Waals surface area (Å²) in [5, 5.41) is 9.49. The molecular formula is C16H32N2O. The topological polar surface area (TPSA) is 49.5 Å². The van der Waals surface area contributed by atoms with Gasteiger partial charge in [-0.2, -0.15) is 0 Å². The average molecular weight is 268 g/mol. The van der Waals surface area contributed by atoms with Crippen LogP contribution in [0.1, 0.15) is 65.2 Å². The van der Waals surface area contributed by atoms with E-state index in [0.29, 0.717) is 11.5 Å². The molecule has 0 radical (unpaired) electrons. The van der Waals surface area contributed by atoms with Crippen LogP contribution in [0.15, 0.2) is 0 Å². The second-order valence-electron chi connectivity index (χ2n) is 7.83. The summed E-state index contributed by atoms with van der Waals surface area (Å²) in [6.07, 6.45) is 9.64. The van der Waals surface area contributed by atoms with Crippen molar-refractivity contribution in [1.82, 2.24) is 4.90 Å². The molecule has 0 aromatic rings. The number of aliphatic hydroxyl groups is 1. The van der Waals surface area contributed by atoms with Gasteiger partial charge in [0.2, 0.25) is 0 Å². The molecule has 2 saturated carbocycles. The van der Waals surface area contributed by atoms with E-state index >= 15 is 0 Å². The van der Waals surface area contributed by atoms with Gasteiger partial charge in [-0.15, -0.1) is 0 Å². The van der Waals surface area contributed by atoms with E-state index < -0.39 is 0 Å². The summed E-state index contributed by atoms with van der Waals surface area (Å²) in [7, 11) is 2.27. The van der Waals surface area contributed by atoms with E-state index in [2.05, 4.69) is 25.8 Å². The Balaban J connectivity index is 1.91. The van der Waals surface area contributed by atoms with Crippen molar-refractivity contribution in [2.75, 3.05) is 13.7 Å². The monoisotopic (exact) mass is 268 g/mol. The standard InChI is InChI=1S/C16H32N2O/c1-15(2)9-6-13(7-10-15)18(3)14-5-4-8-16(17,11-14)12-19/h13-14,19H,4-12,17H2,1-3H3. The Hall–Kier alpha value is -0.120. The summed E-state index contributed by atoms with van der Waals surface area (Å²) in [5.41, 5.74) is 6.49. The Morgan fingerprint density at radius 1 is 1.11 bits per heavy atom. The van der Waals surface area contributed by atoms with Crippen molar-refractivity contribution in [1.29, 1.82) is 0 Å². The smallest absolute Gasteiger partial charge is 0.0611 e. The van der Waals surface area contributed by atoms with Crippen molar-refractivity contribution in [2.24, 2.45) is 11.1 Å². The number of hydrogen-bond donors (Lipinski definition) is 2. The van der Waals surface area contributed by atoms with Crippen molar-refractivity contribution in [3.05, 3.63) is 0 Å². The maximum absolute atomic E-state index is 9.49. The minimum Gasteiger partial charge on any atom is -0.394 e. The first-order chi connectivity index (χ1) is 8.85. The minimum absolute atomic E-state index is 0.134. The van der Waals surface area contributed by atoms with E-state index in [1.807, 2.05) is 0 Å². The minimum atomic E-state index is -0.328. The van der Waals surface area contributed by atoms with E-state index in [4.69, 9.17) is 5.73 Å². The molecule has 0 aliphatic heterocycles. The molecule has 3 N–H and O–H groups in total. The second-order valence-corrected chi connectivity index (χ2v) is 7.83. The lowest BCUT2D eigenvalue weighted by molar-refractivity contribution is 0.0455. The third-order valence-electron chi connectivity index (χ3n) is 5.63. The van der Waals surface area contributed by atoms with E-state index in [1.165, 1.54) is 32.1 Å². The highest BCUT2D eigenvalue weighted by Gasteiger charge is 2.37. The molecule has 19 heavy (non-hydrogen) atoms. The second kappa shape index (κ2) is 5.71. The third-order valence-corrected chi connectivity index (χ3v) is 5.63. The number of aliphatic hydroxyl groups excluding tert-OH is 1. The highest BCUT2D eigenvalue weighted by molar-refractivity contribution is 4.95. The van der Waals surface area contributed by atoms with Gasteiger partial charge in [-0.1, -0.05) is 13.8 Å². The first kappa shape index (κ1) is 15.3. The zero-order chi connectivity index (χ0) is 14.1. The summed E-state index contributed by atoms with van der Waals surface area (Å²) in [4.78, 5) is 2.58. The lowest BCUT2D eigenvalue weighted by Crippen LogP contribution is -2.54. The molecule has 2 atom stereocenters. The van der Waals surface area contributed by atoms with E-state index in [-0.39, 0.29) is 12.1 Å². The molecule has 2 unspecified atom stereocenters. The van der Waals surface area contributed by atoms with E-state index in [0.717, 1.165) is 25.3 Å². The van der Waals surface area contributed by atoms with Crippen molar-refractivity contribution in [3.8, 4) is 0 Å². The molecule has 2 rings (SSSR count). The lowest BCUT2D eigenvalue weighted by Gasteiger charge is -2.46. The summed E-state index contributed by atoms with van der Waals surface area (Å²) in [5.74, 6) is 0. The molecular weight excluding hydrogens is 236 g/mol. The lowest BCUT2D eigenvalue weighted by atomic mass is 9.74. The van der Waals surface area contributed by atoms with Crippen LogP contribution in [0.5, 0.6) is 0 Å². The molecule has 112 valence electrons. The van der Waals surface area contributed by atoms with Gasteiger partial charge < -0.3 is 15.7 Å². The van der Waals surface area contributed by atoms with Gasteiger partial charge >= 0.3 is 0 Å². The molecule has 2 aliphatic rings. The van der Waals surface area contributed by atoms with Gasteiger partial charge in [0.1, 0.15) is 0 Å². The molecule has 0 amide bonds. The van der Waals surface area contributed by atoms with E-state index in [9.17, 15) is 5.11 Å². The van der Waals surface area contributed by atoms with Crippen LogP contribution in [-0.4, -0.2) is 41.3 Å². The highest BCUT2D eigenvalue weighted by atomic mass is 16.3. The Bertz CT molecular complexity index is 295. The van der Waals surface area contributed by atoms with Crippen LogP contribution in [-0.2, 0) is 0 Å². The Morgan fingerprint density at radius 2 is 1.74 bits per heavy atom. The maximum Gasteiger partial charge on any atom is 0.0611 e. The first-order valence-corrected chi connectivity index (χ1v) is 7.97. The van der Waals surface area contributed by atoms with E-state index in [1.54, 1.807) is 0 Å². The Morgan fingerprint density at radius 3 is 2.32 bits per heavy atom. The molecule has 2 fully saturated rings. The SMILES string of the molecule is CN(C1CCC(C)(C)CC1)C1CCCC(N)(CO)C1. The van der Waals surface area contributed by atoms with Gasteiger partial charge in [-0.3, -0.25) is 0 Å². The van der Waals surface area contributed by atoms with Crippen LogP contribution in [0.4, 0.5) is 0 Å². The van der Waals surface area contributed by atoms with Crippen LogP contribution in [0.2, 0.25) is 0 Å². The van der Waals surface area contributed by atoms with Gasteiger partial charge in [-0.25, -0.2) is 0 Å². The predicted molar refractivity (Wildman–Crippen MR) is 80.1 cm³/mol. The summed E-state index contributed by atoms with van der Waals surface area (Å²) in [6, 6.07) is 1.29. The Kier molecular flexibility index (Phi) is 4.59. The maximum atomic E-state index is 9.49. The van der Waals surface area contributed by atoms with Gasteiger partial charge in [0.25, 0.3) is 0 Å². The van der Waals surface area contributed by atoms with Crippen molar-refractivity contribution >= 4 is 0 Å². The zero-order valence-electron chi connectivity index (χ0n) is 13.0. The fourth-order valence-corrected chi connectivity index (χ4v) is 3.94. The van der Waals surface area contributed by atoms with Gasteiger partial charge in [0, 0.05) is 17.6 Å². The highest BCUT2D eigenvalue weighted by Crippen LogP contribution is 2.38. The quantitative estimate of drug-likeness (QED) is 0.827. The van der Waals surface area contributed by atoms with Crippen molar-refractivity contribution < 1.29 is 5.11 Å². The first-order valence-electron chi connectivity index (χ1n) is 7.97. The fraction of sp³-hybridized carbons (Fsp3) is 1.00. The van der Waals surface area contributed by atoms with Crippen LogP contribution < -0.4 is 5.73 Å². The van der Waals surface area contributed by atoms with Crippen LogP contribution in [0.3, 0.4) is 0 Å². The molecule has 0 bridgehead atoms. The largest absolute Gasteiger partial charge is 0.394 e. The number of nitrogens with two attached hydrogens (primary N) is 1. The van der Waals surface area contributed by atoms with Gasteiger partial charge in [-0.05, 0) is 63.8 Å². The van der Waals surface area contributed by atoms with Crippen LogP contribution in [0.25, 0.3) is 0 Å². The van der Waals surface area contributed by atoms with Crippen LogP contribution in [0, 0.1) is 5.41 Å². The molecule has 0 aromatic carbocycles. The molecule has 0 aromatic heterocycles. The van der Waals surface area contributed by atoms with Crippen LogP contribution >= 0.6 is 0 Å². The number of nitrogens with zero attached hydrogens (tertiary/aromatic N) is 1. The number of rotatable bonds is 3. The van der Waals surface area contributed by atoms with Gasteiger partial charge in [0.15, 0.2) is 0 Å². The predicted octanol–water partition coefficient (Wildman–Crippen LogP) is 2.52. The van der Waals surface area contributed by atoms with Gasteiger partial charge in [0.05, 0.1) is 6.61 Å². The van der Waals surface area contributed by atoms with Crippen molar-refractivity contribution in [2.45, 2.75) is 82.8 Å². The summed E-state index contributed by atoms with van der Waals surface area (Å²) in [6.45, 7) is 4.91. The fourth-order valence-electron chi connectivity index (χ4n) is 3.94. The summed E-state index contributed by atoms with van der Waals surface area (Å²) < 4.78 is 0. The molecule has 0 saturated heterocycles. The molecule has 3 nitrogen and oxygen atoms in total. The molecule has 3 heteroatoms.